The molecule has 0 unspecified atom stereocenters. The highest BCUT2D eigenvalue weighted by molar-refractivity contribution is 5.97. The first kappa shape index (κ1) is 14.8. The zero-order valence-electron chi connectivity index (χ0n) is 12.3. The maximum Gasteiger partial charge on any atom is 0.170 e. The van der Waals surface area contributed by atoms with E-state index in [4.69, 9.17) is 10.9 Å². The van der Waals surface area contributed by atoms with Gasteiger partial charge in [-0.25, -0.2) is 0 Å². The minimum Gasteiger partial charge on any atom is -0.409 e. The average Bonchev–Trinajstić information content (AvgIpc) is 3.28. The lowest BCUT2D eigenvalue weighted by molar-refractivity contribution is 0.318. The van der Waals surface area contributed by atoms with E-state index in [1.54, 1.807) is 0 Å². The topological polar surface area (TPSA) is 73.9 Å². The van der Waals surface area contributed by atoms with Gasteiger partial charge in [0.15, 0.2) is 5.84 Å². The first-order chi connectivity index (χ1) is 9.61. The molecule has 1 saturated carbocycles. The molecule has 2 rings (SSSR count). The fourth-order valence-corrected chi connectivity index (χ4v) is 2.29. The third-order valence-corrected chi connectivity index (χ3v) is 3.87. The van der Waals surface area contributed by atoms with Gasteiger partial charge in [-0.2, -0.15) is 0 Å². The molecule has 1 aromatic carbocycles. The van der Waals surface area contributed by atoms with Crippen LogP contribution in [0.5, 0.6) is 0 Å². The van der Waals surface area contributed by atoms with Gasteiger partial charge < -0.3 is 21.2 Å². The number of aryl methyl sites for hydroxylation is 1. The quantitative estimate of drug-likeness (QED) is 0.230. The Hall–Kier alpha value is -1.59. The molecule has 0 aromatic heterocycles. The van der Waals surface area contributed by atoms with E-state index < -0.39 is 0 Å². The number of rotatable bonds is 7. The Bertz CT molecular complexity index is 483. The zero-order chi connectivity index (χ0) is 14.5. The molecule has 5 heteroatoms. The summed E-state index contributed by atoms with van der Waals surface area (Å²) in [6, 6.07) is 6.68. The molecule has 1 aliphatic rings. The number of nitrogens with one attached hydrogen (secondary N) is 1. The lowest BCUT2D eigenvalue weighted by Crippen LogP contribution is -2.30. The van der Waals surface area contributed by atoms with Crippen LogP contribution < -0.4 is 11.1 Å². The SMILES string of the molecule is Cc1cc(/C(N)=N/O)ccc1CNCCN(C)C1CC1. The highest BCUT2D eigenvalue weighted by atomic mass is 16.4. The first-order valence-electron chi connectivity index (χ1n) is 7.10. The number of hydrogen-bond donors (Lipinski definition) is 3. The smallest absolute Gasteiger partial charge is 0.170 e. The maximum atomic E-state index is 8.67. The minimum atomic E-state index is 0.152. The molecule has 5 nitrogen and oxygen atoms in total. The molecule has 20 heavy (non-hydrogen) atoms. The van der Waals surface area contributed by atoms with Crippen LogP contribution in [0.2, 0.25) is 0 Å². The lowest BCUT2D eigenvalue weighted by Gasteiger charge is -2.16. The molecule has 0 spiro atoms. The van der Waals surface area contributed by atoms with E-state index in [9.17, 15) is 0 Å². The van der Waals surface area contributed by atoms with Gasteiger partial charge in [0.25, 0.3) is 0 Å². The van der Waals surface area contributed by atoms with Crippen molar-refractivity contribution in [2.24, 2.45) is 10.9 Å². The van der Waals surface area contributed by atoms with E-state index in [1.165, 1.54) is 18.4 Å². The van der Waals surface area contributed by atoms with E-state index in [2.05, 4.69) is 22.4 Å². The predicted molar refractivity (Wildman–Crippen MR) is 81.0 cm³/mol. The zero-order valence-corrected chi connectivity index (χ0v) is 12.3. The highest BCUT2D eigenvalue weighted by Crippen LogP contribution is 2.24. The van der Waals surface area contributed by atoms with E-state index >= 15 is 0 Å². The molecule has 0 bridgehead atoms. The molecular formula is C15H24N4O. The molecule has 0 atom stereocenters. The van der Waals surface area contributed by atoms with Gasteiger partial charge in [0, 0.05) is 31.2 Å². The Balaban J connectivity index is 1.80. The second kappa shape index (κ2) is 6.72. The minimum absolute atomic E-state index is 0.152. The van der Waals surface area contributed by atoms with Gasteiger partial charge in [0.05, 0.1) is 0 Å². The number of oxime groups is 1. The van der Waals surface area contributed by atoms with Crippen LogP contribution in [0.15, 0.2) is 23.4 Å². The van der Waals surface area contributed by atoms with Crippen LogP contribution in [0.4, 0.5) is 0 Å². The van der Waals surface area contributed by atoms with Crippen LogP contribution in [0.25, 0.3) is 0 Å². The van der Waals surface area contributed by atoms with Crippen LogP contribution in [0.1, 0.15) is 29.5 Å². The fourth-order valence-electron chi connectivity index (χ4n) is 2.29. The Labute approximate surface area is 120 Å². The summed E-state index contributed by atoms with van der Waals surface area (Å²) in [5, 5.41) is 15.2. The standard InChI is InChI=1S/C15H24N4O/c1-11-9-12(15(16)18-20)3-4-13(11)10-17-7-8-19(2)14-5-6-14/h3-4,9,14,17,20H,5-8,10H2,1-2H3,(H2,16,18). The van der Waals surface area contributed by atoms with Crippen molar-refractivity contribution in [1.29, 1.82) is 0 Å². The molecule has 1 aliphatic carbocycles. The molecule has 4 N–H and O–H groups in total. The van der Waals surface area contributed by atoms with E-state index in [0.717, 1.165) is 36.8 Å². The van der Waals surface area contributed by atoms with Crippen LogP contribution >= 0.6 is 0 Å². The van der Waals surface area contributed by atoms with E-state index in [1.807, 2.05) is 25.1 Å². The highest BCUT2D eigenvalue weighted by Gasteiger charge is 2.25. The maximum absolute atomic E-state index is 8.67. The van der Waals surface area contributed by atoms with Crippen LogP contribution in [-0.4, -0.2) is 42.1 Å². The number of nitrogens with two attached hydrogens (primary N) is 1. The summed E-state index contributed by atoms with van der Waals surface area (Å²) in [5.41, 5.74) is 8.73. The number of hydrogen-bond acceptors (Lipinski definition) is 4. The summed E-state index contributed by atoms with van der Waals surface area (Å²) < 4.78 is 0. The summed E-state index contributed by atoms with van der Waals surface area (Å²) >= 11 is 0. The normalized spacial score (nSPS) is 15.8. The molecule has 0 heterocycles. The van der Waals surface area contributed by atoms with E-state index in [0.29, 0.717) is 0 Å². The van der Waals surface area contributed by atoms with Crippen molar-refractivity contribution in [3.8, 4) is 0 Å². The monoisotopic (exact) mass is 276 g/mol. The molecule has 0 radical (unpaired) electrons. The van der Waals surface area contributed by atoms with Gasteiger partial charge >= 0.3 is 0 Å². The Morgan fingerprint density at radius 1 is 1.50 bits per heavy atom. The summed E-state index contributed by atoms with van der Waals surface area (Å²) in [4.78, 5) is 2.42. The van der Waals surface area contributed by atoms with Crippen molar-refractivity contribution in [1.82, 2.24) is 10.2 Å². The number of likely N-dealkylation sites (N-methyl/N-ethyl adjacent to an activating group) is 1. The molecule has 0 amide bonds. The van der Waals surface area contributed by atoms with Crippen molar-refractivity contribution < 1.29 is 5.21 Å². The molecule has 1 aromatic rings. The van der Waals surface area contributed by atoms with Crippen molar-refractivity contribution in [2.45, 2.75) is 32.4 Å². The van der Waals surface area contributed by atoms with Crippen molar-refractivity contribution in [2.75, 3.05) is 20.1 Å². The van der Waals surface area contributed by atoms with Crippen LogP contribution in [0.3, 0.4) is 0 Å². The van der Waals surface area contributed by atoms with Gasteiger partial charge in [0.1, 0.15) is 0 Å². The van der Waals surface area contributed by atoms with Gasteiger partial charge in [0.2, 0.25) is 0 Å². The second-order valence-corrected chi connectivity index (χ2v) is 5.52. The lowest BCUT2D eigenvalue weighted by atomic mass is 10.0. The van der Waals surface area contributed by atoms with E-state index in [-0.39, 0.29) is 5.84 Å². The third kappa shape index (κ3) is 3.95. The predicted octanol–water partition coefficient (Wildman–Crippen LogP) is 1.27. The molecule has 1 fully saturated rings. The van der Waals surface area contributed by atoms with Gasteiger partial charge in [-0.3, -0.25) is 0 Å². The number of benzene rings is 1. The molecular weight excluding hydrogens is 252 g/mol. The van der Waals surface area contributed by atoms with Crippen LogP contribution in [-0.2, 0) is 6.54 Å². The largest absolute Gasteiger partial charge is 0.409 e. The average molecular weight is 276 g/mol. The Kier molecular flexibility index (Phi) is 4.98. The van der Waals surface area contributed by atoms with Crippen molar-refractivity contribution in [3.63, 3.8) is 0 Å². The van der Waals surface area contributed by atoms with Gasteiger partial charge in [-0.15, -0.1) is 0 Å². The Morgan fingerprint density at radius 3 is 2.85 bits per heavy atom. The number of amidine groups is 1. The summed E-state index contributed by atoms with van der Waals surface area (Å²) in [6.07, 6.45) is 2.70. The molecule has 0 aliphatic heterocycles. The van der Waals surface area contributed by atoms with Gasteiger partial charge in [-0.1, -0.05) is 17.3 Å². The molecule has 110 valence electrons. The molecule has 0 saturated heterocycles. The van der Waals surface area contributed by atoms with Crippen molar-refractivity contribution >= 4 is 5.84 Å². The fraction of sp³-hybridized carbons (Fsp3) is 0.533. The van der Waals surface area contributed by atoms with Crippen molar-refractivity contribution in [3.05, 3.63) is 34.9 Å². The first-order valence-corrected chi connectivity index (χ1v) is 7.10. The third-order valence-electron chi connectivity index (χ3n) is 3.87. The summed E-state index contributed by atoms with van der Waals surface area (Å²) in [7, 11) is 2.19. The van der Waals surface area contributed by atoms with Crippen LogP contribution in [0, 0.1) is 6.92 Å². The second-order valence-electron chi connectivity index (χ2n) is 5.52. The summed E-state index contributed by atoms with van der Waals surface area (Å²) in [6.45, 7) is 4.97. The van der Waals surface area contributed by atoms with Gasteiger partial charge in [-0.05, 0) is 44.0 Å². The summed E-state index contributed by atoms with van der Waals surface area (Å²) in [5.74, 6) is 0.152. The Morgan fingerprint density at radius 2 is 2.25 bits per heavy atom. The number of nitrogens with zero attached hydrogens (tertiary/aromatic N) is 2.